The molecule has 1 aliphatic heterocycles. The van der Waals surface area contributed by atoms with Crippen LogP contribution in [0.5, 0.6) is 0 Å². The molecule has 196 valence electrons. The monoisotopic (exact) mass is 531 g/mol. The summed E-state index contributed by atoms with van der Waals surface area (Å²) in [6.07, 6.45) is 6.31. The fraction of sp³-hybridized carbons (Fsp3) is 0.357. The normalized spacial score (nSPS) is 16.3. The van der Waals surface area contributed by atoms with Crippen LogP contribution in [-0.2, 0) is 0 Å². The van der Waals surface area contributed by atoms with Gasteiger partial charge in [-0.05, 0) is 62.0 Å². The van der Waals surface area contributed by atoms with E-state index in [0.717, 1.165) is 37.1 Å². The van der Waals surface area contributed by atoms with E-state index in [1.807, 2.05) is 43.5 Å². The fourth-order valence-corrected chi connectivity index (χ4v) is 5.26. The van der Waals surface area contributed by atoms with E-state index >= 15 is 0 Å². The van der Waals surface area contributed by atoms with E-state index in [1.54, 1.807) is 16.7 Å². The van der Waals surface area contributed by atoms with Gasteiger partial charge in [0.2, 0.25) is 5.95 Å². The third-order valence-corrected chi connectivity index (χ3v) is 7.55. The lowest BCUT2D eigenvalue weighted by Gasteiger charge is -2.34. The summed E-state index contributed by atoms with van der Waals surface area (Å²) >= 11 is 6.27. The van der Waals surface area contributed by atoms with Gasteiger partial charge < -0.3 is 20.4 Å². The van der Waals surface area contributed by atoms with Crippen molar-refractivity contribution in [3.8, 4) is 17.5 Å². The largest absolute Gasteiger partial charge is 0.395 e. The Hall–Kier alpha value is -3.55. The minimum absolute atomic E-state index is 0.111. The van der Waals surface area contributed by atoms with Gasteiger partial charge in [-0.2, -0.15) is 5.26 Å². The number of aliphatic hydroxyl groups is 2. The van der Waals surface area contributed by atoms with Crippen LogP contribution in [0, 0.1) is 17.2 Å². The van der Waals surface area contributed by atoms with Gasteiger partial charge in [0.05, 0.1) is 47.4 Å². The van der Waals surface area contributed by atoms with Gasteiger partial charge in [-0.3, -0.25) is 4.40 Å². The predicted octanol–water partition coefficient (Wildman–Crippen LogP) is 4.23. The number of hydrogen-bond acceptors (Lipinski definition) is 8. The Balaban J connectivity index is 1.30. The van der Waals surface area contributed by atoms with Crippen molar-refractivity contribution in [2.45, 2.75) is 31.9 Å². The lowest BCUT2D eigenvalue weighted by atomic mass is 9.87. The summed E-state index contributed by atoms with van der Waals surface area (Å²) < 4.78 is 1.80. The number of imidazole rings is 1. The van der Waals surface area contributed by atoms with Gasteiger partial charge in [0.15, 0.2) is 5.65 Å². The Morgan fingerprint density at radius 2 is 1.87 bits per heavy atom. The van der Waals surface area contributed by atoms with Crippen molar-refractivity contribution in [2.24, 2.45) is 5.92 Å². The molecule has 1 saturated heterocycles. The van der Waals surface area contributed by atoms with Gasteiger partial charge in [-0.15, -0.1) is 0 Å². The Morgan fingerprint density at radius 3 is 2.58 bits per heavy atom. The molecule has 4 aromatic rings. The summed E-state index contributed by atoms with van der Waals surface area (Å²) in [7, 11) is 0. The number of aromatic nitrogens is 4. The summed E-state index contributed by atoms with van der Waals surface area (Å²) in [5, 5.41) is 33.6. The summed E-state index contributed by atoms with van der Waals surface area (Å²) in [6.45, 7) is 4.68. The van der Waals surface area contributed by atoms with Crippen molar-refractivity contribution in [1.82, 2.24) is 24.3 Å². The van der Waals surface area contributed by atoms with Crippen LogP contribution in [0.4, 0.5) is 5.95 Å². The minimum Gasteiger partial charge on any atom is -0.395 e. The molecular weight excluding hydrogens is 502 g/mol. The Labute approximate surface area is 226 Å². The SMILES string of the molecule is C[C@H](Nc1ncc(C#N)c(-c2cnc3c(Cl)cccn23)n1)c1ccc(C(O)C2CCN(CCO)CC2)cc1. The van der Waals surface area contributed by atoms with E-state index < -0.39 is 6.10 Å². The van der Waals surface area contributed by atoms with Gasteiger partial charge >= 0.3 is 0 Å². The zero-order valence-corrected chi connectivity index (χ0v) is 21.9. The molecule has 4 heterocycles. The van der Waals surface area contributed by atoms with Crippen molar-refractivity contribution in [3.63, 3.8) is 0 Å². The number of benzene rings is 1. The zero-order chi connectivity index (χ0) is 26.6. The quantitative estimate of drug-likeness (QED) is 0.309. The molecule has 2 atom stereocenters. The van der Waals surface area contributed by atoms with Crippen LogP contribution in [-0.4, -0.2) is 60.7 Å². The number of nitrogens with zero attached hydrogens (tertiary/aromatic N) is 6. The Kier molecular flexibility index (Phi) is 7.86. The fourth-order valence-electron chi connectivity index (χ4n) is 5.04. The number of aliphatic hydroxyl groups excluding tert-OH is 2. The first-order valence-corrected chi connectivity index (χ1v) is 13.1. The molecule has 3 aromatic heterocycles. The van der Waals surface area contributed by atoms with Gasteiger partial charge in [0, 0.05) is 12.7 Å². The van der Waals surface area contributed by atoms with Gasteiger partial charge in [-0.25, -0.2) is 15.0 Å². The molecule has 5 rings (SSSR count). The van der Waals surface area contributed by atoms with E-state index in [-0.39, 0.29) is 18.6 Å². The maximum Gasteiger partial charge on any atom is 0.223 e. The van der Waals surface area contributed by atoms with Gasteiger partial charge in [0.1, 0.15) is 11.8 Å². The third-order valence-electron chi connectivity index (χ3n) is 7.26. The highest BCUT2D eigenvalue weighted by Gasteiger charge is 2.26. The van der Waals surface area contributed by atoms with Crippen LogP contribution in [0.25, 0.3) is 17.0 Å². The van der Waals surface area contributed by atoms with Crippen LogP contribution in [0.2, 0.25) is 5.02 Å². The molecule has 0 bridgehead atoms. The number of rotatable bonds is 8. The number of pyridine rings is 1. The molecule has 10 heteroatoms. The summed E-state index contributed by atoms with van der Waals surface area (Å²) in [4.78, 5) is 15.6. The maximum atomic E-state index is 10.9. The van der Waals surface area contributed by atoms with E-state index in [1.165, 1.54) is 6.20 Å². The number of β-amino-alcohol motifs (C(OH)–C–C–N with tert-alkyl or cyclic N) is 1. The molecule has 1 unspecified atom stereocenters. The Bertz CT molecular complexity index is 1440. The molecule has 0 amide bonds. The highest BCUT2D eigenvalue weighted by Crippen LogP contribution is 2.32. The second-order valence-corrected chi connectivity index (χ2v) is 10.0. The summed E-state index contributed by atoms with van der Waals surface area (Å²) in [5.74, 6) is 0.605. The highest BCUT2D eigenvalue weighted by molar-refractivity contribution is 6.33. The van der Waals surface area contributed by atoms with E-state index in [4.69, 9.17) is 16.7 Å². The van der Waals surface area contributed by atoms with Crippen molar-refractivity contribution in [1.29, 1.82) is 5.26 Å². The van der Waals surface area contributed by atoms with Gasteiger partial charge in [0.25, 0.3) is 0 Å². The van der Waals surface area contributed by atoms with Crippen LogP contribution < -0.4 is 5.32 Å². The maximum absolute atomic E-state index is 10.9. The van der Waals surface area contributed by atoms with E-state index in [9.17, 15) is 10.4 Å². The average molecular weight is 532 g/mol. The number of likely N-dealkylation sites (tertiary alicyclic amines) is 1. The number of halogens is 1. The van der Waals surface area contributed by atoms with E-state index in [2.05, 4.69) is 31.2 Å². The summed E-state index contributed by atoms with van der Waals surface area (Å²) in [5.41, 5.74) is 3.98. The molecule has 0 spiro atoms. The zero-order valence-electron chi connectivity index (χ0n) is 21.1. The van der Waals surface area contributed by atoms with Crippen molar-refractivity contribution >= 4 is 23.2 Å². The number of piperidine rings is 1. The number of hydrogen-bond donors (Lipinski definition) is 3. The lowest BCUT2D eigenvalue weighted by molar-refractivity contribution is 0.0539. The van der Waals surface area contributed by atoms with Crippen LogP contribution in [0.15, 0.2) is 55.0 Å². The second-order valence-electron chi connectivity index (χ2n) is 9.64. The van der Waals surface area contributed by atoms with Crippen LogP contribution in [0.3, 0.4) is 0 Å². The molecule has 38 heavy (non-hydrogen) atoms. The highest BCUT2D eigenvalue weighted by atomic mass is 35.5. The molecule has 1 fully saturated rings. The number of anilines is 1. The molecule has 9 nitrogen and oxygen atoms in total. The van der Waals surface area contributed by atoms with Crippen LogP contribution >= 0.6 is 11.6 Å². The topological polar surface area (TPSA) is 123 Å². The molecular formula is C28H30ClN7O2. The van der Waals surface area contributed by atoms with Crippen molar-refractivity contribution < 1.29 is 10.2 Å². The predicted molar refractivity (Wildman–Crippen MR) is 146 cm³/mol. The van der Waals surface area contributed by atoms with Gasteiger partial charge in [-0.1, -0.05) is 35.9 Å². The first kappa shape index (κ1) is 26.1. The number of nitriles is 1. The number of fused-ring (bicyclic) bond motifs is 1. The molecule has 0 radical (unpaired) electrons. The molecule has 0 saturated carbocycles. The minimum atomic E-state index is -0.507. The third kappa shape index (κ3) is 5.35. The lowest BCUT2D eigenvalue weighted by Crippen LogP contribution is -2.37. The molecule has 0 aliphatic carbocycles. The molecule has 1 aromatic carbocycles. The van der Waals surface area contributed by atoms with Crippen molar-refractivity contribution in [3.05, 3.63) is 76.7 Å². The summed E-state index contributed by atoms with van der Waals surface area (Å²) in [6, 6.07) is 13.6. The number of nitrogens with one attached hydrogen (secondary N) is 1. The Morgan fingerprint density at radius 1 is 1.13 bits per heavy atom. The van der Waals surface area contributed by atoms with E-state index in [0.29, 0.717) is 40.1 Å². The van der Waals surface area contributed by atoms with Crippen LogP contribution in [0.1, 0.15) is 48.6 Å². The molecule has 1 aliphatic rings. The standard InChI is InChI=1S/C28H30ClN7O2/c1-18(19-4-6-20(7-5-19)26(38)21-8-11-35(12-9-21)13-14-37)33-28-32-16-22(15-30)25(34-28)24-17-31-27-23(29)3-2-10-36(24)27/h2-7,10,16-18,21,26,37-38H,8-9,11-14H2,1H3,(H,32,33,34)/t18-,26?/m0/s1. The average Bonchev–Trinajstić information content (AvgIpc) is 3.39. The second kappa shape index (κ2) is 11.5. The first-order valence-electron chi connectivity index (χ1n) is 12.7. The van der Waals surface area contributed by atoms with Crippen molar-refractivity contribution in [2.75, 3.05) is 31.6 Å². The smallest absolute Gasteiger partial charge is 0.223 e. The molecule has 3 N–H and O–H groups in total. The first-order chi connectivity index (χ1) is 18.5.